The van der Waals surface area contributed by atoms with Crippen LogP contribution in [0.4, 0.5) is 0 Å². The van der Waals surface area contributed by atoms with E-state index in [9.17, 15) is 14.4 Å². The molecule has 3 heterocycles. The lowest BCUT2D eigenvalue weighted by molar-refractivity contribution is -0.143. The van der Waals surface area contributed by atoms with Crippen LogP contribution in [0.3, 0.4) is 0 Å². The highest BCUT2D eigenvalue weighted by Crippen LogP contribution is 2.42. The minimum Gasteiger partial charge on any atom is -0.497 e. The molecule has 4 rings (SSSR count). The zero-order valence-corrected chi connectivity index (χ0v) is 19.7. The topological polar surface area (TPSA) is 89.0 Å². The van der Waals surface area contributed by atoms with Crippen LogP contribution in [0.25, 0.3) is 0 Å². The summed E-state index contributed by atoms with van der Waals surface area (Å²) in [5, 5.41) is 0. The zero-order valence-electron chi connectivity index (χ0n) is 19.7. The molecule has 34 heavy (non-hydrogen) atoms. The van der Waals surface area contributed by atoms with Gasteiger partial charge in [0.15, 0.2) is 0 Å². The summed E-state index contributed by atoms with van der Waals surface area (Å²) in [5.41, 5.74) is 0.628. The first-order chi connectivity index (χ1) is 16.5. The van der Waals surface area contributed by atoms with E-state index in [1.165, 1.54) is 17.6 Å². The lowest BCUT2D eigenvalue weighted by atomic mass is 9.75. The van der Waals surface area contributed by atoms with Crippen LogP contribution < -0.4 is 4.74 Å². The number of ether oxygens (including phenoxy) is 2. The maximum atomic E-state index is 13.6. The molecule has 1 aromatic heterocycles. The van der Waals surface area contributed by atoms with Gasteiger partial charge in [-0.05, 0) is 54.2 Å². The molecule has 0 N–H and O–H groups in total. The number of rotatable bonds is 8. The molecule has 8 nitrogen and oxygen atoms in total. The molecule has 2 fully saturated rings. The largest absolute Gasteiger partial charge is 0.497 e. The minimum atomic E-state index is -1.24. The molecule has 1 atom stereocenters. The van der Waals surface area contributed by atoms with E-state index in [2.05, 4.69) is 4.98 Å². The van der Waals surface area contributed by atoms with E-state index >= 15 is 0 Å². The summed E-state index contributed by atoms with van der Waals surface area (Å²) in [7, 11) is 3.08. The Labute approximate surface area is 199 Å². The van der Waals surface area contributed by atoms with Gasteiger partial charge >= 0.3 is 0 Å². The molecule has 1 aromatic carbocycles. The van der Waals surface area contributed by atoms with Crippen molar-refractivity contribution < 1.29 is 23.9 Å². The fourth-order valence-electron chi connectivity index (χ4n) is 5.06. The third-order valence-corrected chi connectivity index (χ3v) is 7.03. The SMILES string of the molecule is COCCN1C(=O)C[C@@](CC(=O)N2CCC(c3ccncc3)CC2)(c2cccc(OC)c2)C1=O. The van der Waals surface area contributed by atoms with Gasteiger partial charge in [-0.3, -0.25) is 24.3 Å². The highest BCUT2D eigenvalue weighted by atomic mass is 16.5. The number of amides is 3. The molecule has 2 saturated heterocycles. The summed E-state index contributed by atoms with van der Waals surface area (Å²) in [6, 6.07) is 11.2. The van der Waals surface area contributed by atoms with E-state index in [4.69, 9.17) is 9.47 Å². The Kier molecular flexibility index (Phi) is 7.26. The van der Waals surface area contributed by atoms with Crippen LogP contribution in [0.15, 0.2) is 48.8 Å². The third kappa shape index (κ3) is 4.68. The Morgan fingerprint density at radius 2 is 1.85 bits per heavy atom. The van der Waals surface area contributed by atoms with Crippen molar-refractivity contribution in [2.24, 2.45) is 0 Å². The van der Waals surface area contributed by atoms with Crippen molar-refractivity contribution in [2.75, 3.05) is 40.5 Å². The minimum absolute atomic E-state index is 0.0397. The van der Waals surface area contributed by atoms with Gasteiger partial charge in [0, 0.05) is 45.4 Å². The van der Waals surface area contributed by atoms with Crippen molar-refractivity contribution in [1.29, 1.82) is 0 Å². The van der Waals surface area contributed by atoms with Crippen molar-refractivity contribution in [3.05, 3.63) is 59.9 Å². The van der Waals surface area contributed by atoms with E-state index in [-0.39, 0.29) is 43.7 Å². The second kappa shape index (κ2) is 10.3. The number of pyridine rings is 1. The molecule has 2 aliphatic rings. The van der Waals surface area contributed by atoms with Crippen LogP contribution in [0, 0.1) is 0 Å². The van der Waals surface area contributed by atoms with Crippen LogP contribution in [-0.4, -0.2) is 73.0 Å². The Balaban J connectivity index is 1.55. The molecule has 0 spiro atoms. The number of nitrogens with zero attached hydrogens (tertiary/aromatic N) is 3. The second-order valence-corrected chi connectivity index (χ2v) is 8.95. The fourth-order valence-corrected chi connectivity index (χ4v) is 5.06. The number of hydrogen-bond acceptors (Lipinski definition) is 6. The van der Waals surface area contributed by atoms with Gasteiger partial charge in [0.1, 0.15) is 5.75 Å². The standard InChI is InChI=1S/C26H31N3O5/c1-33-15-14-29-24(31)18-26(25(29)32,21-4-3-5-22(16-21)34-2)17-23(30)28-12-8-20(9-13-28)19-6-10-27-11-7-19/h3-7,10-11,16,20H,8-9,12-15,17-18H2,1-2H3/t26-/m0/s1. The summed E-state index contributed by atoms with van der Waals surface area (Å²) in [6.45, 7) is 1.67. The average molecular weight is 466 g/mol. The van der Waals surface area contributed by atoms with E-state index in [0.717, 1.165) is 12.8 Å². The first-order valence-corrected chi connectivity index (χ1v) is 11.6. The maximum absolute atomic E-state index is 13.6. The number of aromatic nitrogens is 1. The normalized spacial score (nSPS) is 21.2. The van der Waals surface area contributed by atoms with Gasteiger partial charge in [-0.1, -0.05) is 12.1 Å². The molecule has 0 radical (unpaired) electrons. The number of benzene rings is 1. The molecule has 0 unspecified atom stereocenters. The quantitative estimate of drug-likeness (QED) is 0.557. The highest BCUT2D eigenvalue weighted by Gasteiger charge is 2.54. The lowest BCUT2D eigenvalue weighted by Gasteiger charge is -2.35. The number of imide groups is 1. The highest BCUT2D eigenvalue weighted by molar-refractivity contribution is 6.10. The Morgan fingerprint density at radius 1 is 1.12 bits per heavy atom. The molecule has 2 aromatic rings. The number of likely N-dealkylation sites (tertiary alicyclic amines) is 2. The first-order valence-electron chi connectivity index (χ1n) is 11.6. The molecular weight excluding hydrogens is 434 g/mol. The zero-order chi connectivity index (χ0) is 24.1. The van der Waals surface area contributed by atoms with Gasteiger partial charge in [0.05, 0.1) is 25.7 Å². The number of carbonyl (C=O) groups excluding carboxylic acids is 3. The Morgan fingerprint density at radius 3 is 2.53 bits per heavy atom. The van der Waals surface area contributed by atoms with E-state index in [1.807, 2.05) is 17.0 Å². The summed E-state index contributed by atoms with van der Waals surface area (Å²) in [4.78, 5) is 47.1. The molecule has 0 bridgehead atoms. The van der Waals surface area contributed by atoms with Crippen molar-refractivity contribution in [2.45, 2.75) is 37.0 Å². The van der Waals surface area contributed by atoms with Crippen LogP contribution >= 0.6 is 0 Å². The first kappa shape index (κ1) is 23.9. The smallest absolute Gasteiger partial charge is 0.240 e. The van der Waals surface area contributed by atoms with Crippen LogP contribution in [0.1, 0.15) is 42.7 Å². The van der Waals surface area contributed by atoms with Crippen molar-refractivity contribution >= 4 is 17.7 Å². The van der Waals surface area contributed by atoms with Gasteiger partial charge < -0.3 is 14.4 Å². The maximum Gasteiger partial charge on any atom is 0.240 e. The van der Waals surface area contributed by atoms with Crippen molar-refractivity contribution in [3.63, 3.8) is 0 Å². The second-order valence-electron chi connectivity index (χ2n) is 8.95. The molecular formula is C26H31N3O5. The van der Waals surface area contributed by atoms with Crippen LogP contribution in [-0.2, 0) is 24.5 Å². The Hall–Kier alpha value is -3.26. The summed E-state index contributed by atoms with van der Waals surface area (Å²) < 4.78 is 10.4. The van der Waals surface area contributed by atoms with E-state index in [1.54, 1.807) is 43.8 Å². The van der Waals surface area contributed by atoms with Gasteiger partial charge in [-0.25, -0.2) is 0 Å². The van der Waals surface area contributed by atoms with E-state index in [0.29, 0.717) is 30.3 Å². The van der Waals surface area contributed by atoms with Crippen LogP contribution in [0.2, 0.25) is 0 Å². The molecule has 3 amide bonds. The van der Waals surface area contributed by atoms with Gasteiger partial charge in [0.2, 0.25) is 17.7 Å². The number of methoxy groups -OCH3 is 2. The predicted molar refractivity (Wildman–Crippen MR) is 125 cm³/mol. The average Bonchev–Trinajstić information content (AvgIpc) is 3.12. The summed E-state index contributed by atoms with van der Waals surface area (Å²) in [5.74, 6) is 0.235. The third-order valence-electron chi connectivity index (χ3n) is 7.03. The monoisotopic (exact) mass is 465 g/mol. The molecule has 180 valence electrons. The van der Waals surface area contributed by atoms with Crippen LogP contribution in [0.5, 0.6) is 5.75 Å². The predicted octanol–water partition coefficient (Wildman–Crippen LogP) is 2.53. The van der Waals surface area contributed by atoms with Gasteiger partial charge in [0.25, 0.3) is 0 Å². The number of piperidine rings is 1. The van der Waals surface area contributed by atoms with Gasteiger partial charge in [-0.2, -0.15) is 0 Å². The summed E-state index contributed by atoms with van der Waals surface area (Å²) in [6.07, 6.45) is 5.21. The molecule has 0 saturated carbocycles. The van der Waals surface area contributed by atoms with Crippen molar-refractivity contribution in [3.8, 4) is 5.75 Å². The van der Waals surface area contributed by atoms with Gasteiger partial charge in [-0.15, -0.1) is 0 Å². The lowest BCUT2D eigenvalue weighted by Crippen LogP contribution is -2.45. The van der Waals surface area contributed by atoms with E-state index < -0.39 is 5.41 Å². The molecule has 0 aliphatic carbocycles. The molecule has 2 aliphatic heterocycles. The summed E-state index contributed by atoms with van der Waals surface area (Å²) >= 11 is 0. The number of carbonyl (C=O) groups is 3. The Bertz CT molecular complexity index is 1040. The number of hydrogen-bond donors (Lipinski definition) is 0. The molecule has 8 heteroatoms. The van der Waals surface area contributed by atoms with Crippen molar-refractivity contribution in [1.82, 2.24) is 14.8 Å². The fraction of sp³-hybridized carbons (Fsp3) is 0.462.